The summed E-state index contributed by atoms with van der Waals surface area (Å²) in [5, 5.41) is 54.6. The molecule has 0 aliphatic heterocycles. The second kappa shape index (κ2) is 4.70. The van der Waals surface area contributed by atoms with Gasteiger partial charge in [-0.1, -0.05) is 0 Å². The fourth-order valence-corrected chi connectivity index (χ4v) is 1.29. The monoisotopic (exact) mass is 258 g/mol. The number of carbonyl (C=O) groups excluding carboxylic acids is 1. The minimum atomic E-state index is -1.27. The second-order valence-electron chi connectivity index (χ2n) is 3.43. The van der Waals surface area contributed by atoms with Gasteiger partial charge in [0.2, 0.25) is 17.2 Å². The molecule has 0 unspecified atom stereocenters. The lowest BCUT2D eigenvalue weighted by molar-refractivity contribution is -0.136. The van der Waals surface area contributed by atoms with E-state index < -0.39 is 58.9 Å². The molecule has 0 amide bonds. The number of phenolic OH excluding ortho intramolecular Hbond substituents is 5. The second-order valence-corrected chi connectivity index (χ2v) is 3.43. The van der Waals surface area contributed by atoms with Gasteiger partial charge in [-0.3, -0.25) is 9.59 Å². The number of carboxylic acids is 1. The van der Waals surface area contributed by atoms with Crippen LogP contribution in [0.5, 0.6) is 28.7 Å². The maximum Gasteiger partial charge on any atom is 0.303 e. The number of aromatic hydroxyl groups is 5. The van der Waals surface area contributed by atoms with Gasteiger partial charge in [0.15, 0.2) is 17.3 Å². The van der Waals surface area contributed by atoms with Crippen LogP contribution in [0, 0.1) is 0 Å². The Bertz CT molecular complexity index is 490. The van der Waals surface area contributed by atoms with Crippen molar-refractivity contribution in [3.05, 3.63) is 5.56 Å². The van der Waals surface area contributed by atoms with E-state index in [1.165, 1.54) is 0 Å². The molecular formula is C10H10O8. The standard InChI is InChI=1S/C10H10O8/c11-3(1-2-4(12)13)5-6(14)8(16)10(18)9(17)7(5)15/h14-18H,1-2H2,(H,12,13). The van der Waals surface area contributed by atoms with Crippen LogP contribution < -0.4 is 0 Å². The van der Waals surface area contributed by atoms with Crippen molar-refractivity contribution in [2.45, 2.75) is 12.8 Å². The number of hydrogen-bond acceptors (Lipinski definition) is 7. The highest BCUT2D eigenvalue weighted by Gasteiger charge is 2.27. The van der Waals surface area contributed by atoms with Gasteiger partial charge in [-0.05, 0) is 0 Å². The predicted molar refractivity (Wildman–Crippen MR) is 56.0 cm³/mol. The molecule has 0 saturated carbocycles. The summed E-state index contributed by atoms with van der Waals surface area (Å²) in [7, 11) is 0. The summed E-state index contributed by atoms with van der Waals surface area (Å²) in [5.41, 5.74) is -0.843. The molecule has 0 spiro atoms. The van der Waals surface area contributed by atoms with E-state index in [0.29, 0.717) is 0 Å². The maximum absolute atomic E-state index is 11.5. The summed E-state index contributed by atoms with van der Waals surface area (Å²) < 4.78 is 0. The molecule has 1 rings (SSSR count). The highest BCUT2D eigenvalue weighted by molar-refractivity contribution is 6.04. The molecule has 0 radical (unpaired) electrons. The molecule has 8 heteroatoms. The number of ketones is 1. The molecule has 0 bridgehead atoms. The van der Waals surface area contributed by atoms with E-state index in [9.17, 15) is 30.0 Å². The van der Waals surface area contributed by atoms with Crippen LogP contribution >= 0.6 is 0 Å². The van der Waals surface area contributed by atoms with Crippen molar-refractivity contribution >= 4 is 11.8 Å². The van der Waals surface area contributed by atoms with Crippen LogP contribution in [-0.4, -0.2) is 42.4 Å². The van der Waals surface area contributed by atoms with E-state index in [0.717, 1.165) is 0 Å². The molecule has 98 valence electrons. The Hall–Kier alpha value is -2.64. The van der Waals surface area contributed by atoms with Crippen LogP contribution in [0.1, 0.15) is 23.2 Å². The third-order valence-corrected chi connectivity index (χ3v) is 2.22. The SMILES string of the molecule is O=C(O)CCC(=O)c1c(O)c(O)c(O)c(O)c1O. The highest BCUT2D eigenvalue weighted by Crippen LogP contribution is 2.50. The van der Waals surface area contributed by atoms with E-state index in [4.69, 9.17) is 10.2 Å². The number of Topliss-reactive ketones (excluding diaryl/α,β-unsaturated/α-hetero) is 1. The Morgan fingerprint density at radius 3 is 1.50 bits per heavy atom. The summed E-state index contributed by atoms with van der Waals surface area (Å²) in [6.07, 6.45) is -1.11. The Morgan fingerprint density at radius 1 is 0.722 bits per heavy atom. The largest absolute Gasteiger partial charge is 0.504 e. The molecule has 0 heterocycles. The van der Waals surface area contributed by atoms with E-state index in [1.54, 1.807) is 0 Å². The molecule has 0 saturated heterocycles. The number of rotatable bonds is 4. The lowest BCUT2D eigenvalue weighted by Crippen LogP contribution is -2.04. The van der Waals surface area contributed by atoms with Gasteiger partial charge in [-0.25, -0.2) is 0 Å². The van der Waals surface area contributed by atoms with E-state index in [1.807, 2.05) is 0 Å². The highest BCUT2D eigenvalue weighted by atomic mass is 16.4. The van der Waals surface area contributed by atoms with Crippen LogP contribution in [0.2, 0.25) is 0 Å². The molecule has 8 nitrogen and oxygen atoms in total. The van der Waals surface area contributed by atoms with Gasteiger partial charge in [0, 0.05) is 6.42 Å². The number of aliphatic carboxylic acids is 1. The van der Waals surface area contributed by atoms with Crippen molar-refractivity contribution in [1.29, 1.82) is 0 Å². The summed E-state index contributed by atoms with van der Waals surface area (Å²) in [6.45, 7) is 0. The Labute approximate surface area is 100.0 Å². The van der Waals surface area contributed by atoms with Crippen LogP contribution in [0.25, 0.3) is 0 Å². The number of hydrogen-bond donors (Lipinski definition) is 6. The average molecular weight is 258 g/mol. The predicted octanol–water partition coefficient (Wildman–Crippen LogP) is 0.262. The third-order valence-electron chi connectivity index (χ3n) is 2.22. The Kier molecular flexibility index (Phi) is 3.50. The number of carbonyl (C=O) groups is 2. The van der Waals surface area contributed by atoms with E-state index >= 15 is 0 Å². The minimum absolute atomic E-state index is 0.555. The van der Waals surface area contributed by atoms with Crippen LogP contribution in [0.3, 0.4) is 0 Å². The Morgan fingerprint density at radius 2 is 1.11 bits per heavy atom. The van der Waals surface area contributed by atoms with Crippen molar-refractivity contribution in [2.24, 2.45) is 0 Å². The molecule has 6 N–H and O–H groups in total. The fourth-order valence-electron chi connectivity index (χ4n) is 1.29. The molecule has 0 aromatic heterocycles. The number of phenols is 5. The molecular weight excluding hydrogens is 248 g/mol. The van der Waals surface area contributed by atoms with Gasteiger partial charge in [0.25, 0.3) is 0 Å². The molecule has 0 aliphatic carbocycles. The number of benzene rings is 1. The van der Waals surface area contributed by atoms with Gasteiger partial charge in [-0.2, -0.15) is 0 Å². The first kappa shape index (κ1) is 13.4. The fraction of sp³-hybridized carbons (Fsp3) is 0.200. The maximum atomic E-state index is 11.5. The van der Waals surface area contributed by atoms with Crippen LogP contribution in [-0.2, 0) is 4.79 Å². The topological polar surface area (TPSA) is 156 Å². The lowest BCUT2D eigenvalue weighted by Gasteiger charge is -2.10. The Balaban J connectivity index is 3.24. The van der Waals surface area contributed by atoms with Gasteiger partial charge >= 0.3 is 5.97 Å². The third kappa shape index (κ3) is 2.21. The zero-order chi connectivity index (χ0) is 14.0. The van der Waals surface area contributed by atoms with Gasteiger partial charge in [-0.15, -0.1) is 0 Å². The zero-order valence-corrected chi connectivity index (χ0v) is 8.91. The normalized spacial score (nSPS) is 10.2. The average Bonchev–Trinajstić information content (AvgIpc) is 2.31. The van der Waals surface area contributed by atoms with Gasteiger partial charge in [0.05, 0.1) is 6.42 Å². The molecule has 0 atom stereocenters. The van der Waals surface area contributed by atoms with E-state index in [-0.39, 0.29) is 0 Å². The first-order valence-corrected chi connectivity index (χ1v) is 4.71. The zero-order valence-electron chi connectivity index (χ0n) is 8.91. The quantitative estimate of drug-likeness (QED) is 0.255. The minimum Gasteiger partial charge on any atom is -0.504 e. The molecule has 0 aliphatic rings. The smallest absolute Gasteiger partial charge is 0.303 e. The summed E-state index contributed by atoms with van der Waals surface area (Å²) in [6, 6.07) is 0. The summed E-state index contributed by atoms with van der Waals surface area (Å²) in [4.78, 5) is 21.8. The number of carboxylic acid groups (broad SMARTS) is 1. The summed E-state index contributed by atoms with van der Waals surface area (Å²) in [5.74, 6) is -8.06. The first-order valence-electron chi connectivity index (χ1n) is 4.71. The van der Waals surface area contributed by atoms with Crippen molar-refractivity contribution in [2.75, 3.05) is 0 Å². The summed E-state index contributed by atoms with van der Waals surface area (Å²) >= 11 is 0. The lowest BCUT2D eigenvalue weighted by atomic mass is 10.0. The molecule has 0 fully saturated rings. The van der Waals surface area contributed by atoms with Crippen molar-refractivity contribution in [1.82, 2.24) is 0 Å². The van der Waals surface area contributed by atoms with Crippen molar-refractivity contribution < 1.29 is 40.2 Å². The molecule has 1 aromatic rings. The van der Waals surface area contributed by atoms with Crippen molar-refractivity contribution in [3.63, 3.8) is 0 Å². The van der Waals surface area contributed by atoms with Gasteiger partial charge < -0.3 is 30.6 Å². The van der Waals surface area contributed by atoms with E-state index in [2.05, 4.69) is 0 Å². The molecule has 1 aromatic carbocycles. The molecule has 18 heavy (non-hydrogen) atoms. The van der Waals surface area contributed by atoms with Crippen LogP contribution in [0.15, 0.2) is 0 Å². The van der Waals surface area contributed by atoms with Crippen molar-refractivity contribution in [3.8, 4) is 28.7 Å². The first-order chi connectivity index (χ1) is 8.27. The van der Waals surface area contributed by atoms with Crippen LogP contribution in [0.4, 0.5) is 0 Å². The van der Waals surface area contributed by atoms with Gasteiger partial charge in [0.1, 0.15) is 5.56 Å².